The van der Waals surface area contributed by atoms with Gasteiger partial charge in [0.2, 0.25) is 5.88 Å². The Balaban J connectivity index is 2.54. The highest BCUT2D eigenvalue weighted by molar-refractivity contribution is 6.17. The summed E-state index contributed by atoms with van der Waals surface area (Å²) in [5.41, 5.74) is 2.75. The van der Waals surface area contributed by atoms with E-state index in [4.69, 9.17) is 19.0 Å². The molecule has 0 radical (unpaired) electrons. The van der Waals surface area contributed by atoms with E-state index in [-0.39, 0.29) is 5.57 Å². The van der Waals surface area contributed by atoms with E-state index in [1.54, 1.807) is 31.2 Å². The minimum absolute atomic E-state index is 0.224. The van der Waals surface area contributed by atoms with E-state index in [1.165, 1.54) is 27.6 Å². The quantitative estimate of drug-likeness (QED) is 0.237. The number of benzene rings is 1. The molecule has 0 atom stereocenters. The number of aromatic nitrogens is 2. The van der Waals surface area contributed by atoms with E-state index in [2.05, 4.69) is 15.1 Å². The molecule has 148 valence electrons. The molecule has 0 aliphatic carbocycles. The molecule has 8 nitrogen and oxygen atoms in total. The summed E-state index contributed by atoms with van der Waals surface area (Å²) in [6, 6.07) is 7.05. The molecule has 28 heavy (non-hydrogen) atoms. The van der Waals surface area contributed by atoms with E-state index in [1.807, 2.05) is 13.8 Å². The Morgan fingerprint density at radius 1 is 1.11 bits per heavy atom. The number of oxime groups is 1. The molecule has 1 aromatic carbocycles. The third kappa shape index (κ3) is 4.64. The third-order valence-electron chi connectivity index (χ3n) is 3.92. The Morgan fingerprint density at radius 3 is 2.46 bits per heavy atom. The molecule has 2 rings (SSSR count). The lowest BCUT2D eigenvalue weighted by molar-refractivity contribution is -0.133. The van der Waals surface area contributed by atoms with Gasteiger partial charge < -0.3 is 19.0 Å². The smallest absolute Gasteiger partial charge is 0.341 e. The van der Waals surface area contributed by atoms with Crippen molar-refractivity contribution in [2.45, 2.75) is 20.8 Å². The lowest BCUT2D eigenvalue weighted by Crippen LogP contribution is -2.09. The molecular formula is C20H23N3O5. The van der Waals surface area contributed by atoms with Gasteiger partial charge in [0.15, 0.2) is 5.82 Å². The molecule has 0 saturated heterocycles. The molecule has 0 unspecified atom stereocenters. The first-order chi connectivity index (χ1) is 13.4. The molecule has 0 spiro atoms. The van der Waals surface area contributed by atoms with Gasteiger partial charge in [-0.2, -0.15) is 4.98 Å². The molecule has 0 aliphatic rings. The second kappa shape index (κ2) is 9.50. The second-order valence-corrected chi connectivity index (χ2v) is 5.78. The van der Waals surface area contributed by atoms with Crippen molar-refractivity contribution in [1.82, 2.24) is 9.97 Å². The van der Waals surface area contributed by atoms with Gasteiger partial charge in [0, 0.05) is 16.8 Å². The van der Waals surface area contributed by atoms with Crippen LogP contribution < -0.4 is 4.74 Å². The van der Waals surface area contributed by atoms with E-state index in [0.717, 1.165) is 11.3 Å². The number of hydrogen-bond acceptors (Lipinski definition) is 8. The van der Waals surface area contributed by atoms with E-state index in [0.29, 0.717) is 28.7 Å². The number of carbonyl (C=O) groups is 1. The van der Waals surface area contributed by atoms with Crippen molar-refractivity contribution in [2.24, 2.45) is 5.16 Å². The SMILES string of the molecule is CO/C=C(\C(=O)OC)c1ccccc1Oc1nc(/C(C)=N\OC)nc(C)c1C. The number of methoxy groups -OCH3 is 2. The molecule has 0 aliphatic heterocycles. The Morgan fingerprint density at radius 2 is 1.82 bits per heavy atom. The van der Waals surface area contributed by atoms with E-state index in [9.17, 15) is 4.79 Å². The lowest BCUT2D eigenvalue weighted by atomic mass is 10.1. The molecular weight excluding hydrogens is 362 g/mol. The average Bonchev–Trinajstić information content (AvgIpc) is 2.69. The number of para-hydroxylation sites is 1. The predicted octanol–water partition coefficient (Wildman–Crippen LogP) is 3.42. The maximum absolute atomic E-state index is 12.2. The van der Waals surface area contributed by atoms with Crippen LogP contribution in [0.25, 0.3) is 5.57 Å². The molecule has 0 saturated carbocycles. The van der Waals surface area contributed by atoms with Crippen LogP contribution in [-0.4, -0.2) is 43.0 Å². The normalized spacial score (nSPS) is 11.8. The topological polar surface area (TPSA) is 92.1 Å². The van der Waals surface area contributed by atoms with Crippen LogP contribution in [0, 0.1) is 13.8 Å². The molecule has 1 aromatic heterocycles. The number of aryl methyl sites for hydroxylation is 1. The van der Waals surface area contributed by atoms with Crippen molar-refractivity contribution in [2.75, 3.05) is 21.3 Å². The zero-order chi connectivity index (χ0) is 20.7. The summed E-state index contributed by atoms with van der Waals surface area (Å²) >= 11 is 0. The number of carbonyl (C=O) groups excluding carboxylic acids is 1. The van der Waals surface area contributed by atoms with Gasteiger partial charge in [-0.05, 0) is 26.8 Å². The summed E-state index contributed by atoms with van der Waals surface area (Å²) in [7, 11) is 4.21. The van der Waals surface area contributed by atoms with Crippen LogP contribution in [0.4, 0.5) is 0 Å². The Hall–Kier alpha value is -3.42. The van der Waals surface area contributed by atoms with Crippen LogP contribution >= 0.6 is 0 Å². The molecule has 0 N–H and O–H groups in total. The monoisotopic (exact) mass is 385 g/mol. The number of hydrogen-bond donors (Lipinski definition) is 0. The molecule has 0 fully saturated rings. The zero-order valence-electron chi connectivity index (χ0n) is 16.8. The zero-order valence-corrected chi connectivity index (χ0v) is 16.8. The predicted molar refractivity (Wildman–Crippen MR) is 104 cm³/mol. The Bertz CT molecular complexity index is 922. The summed E-state index contributed by atoms with van der Waals surface area (Å²) in [5.74, 6) is 0.613. The van der Waals surface area contributed by atoms with Crippen LogP contribution in [-0.2, 0) is 19.1 Å². The highest BCUT2D eigenvalue weighted by Crippen LogP contribution is 2.32. The summed E-state index contributed by atoms with van der Waals surface area (Å²) in [5, 5.41) is 3.87. The van der Waals surface area contributed by atoms with Gasteiger partial charge in [-0.1, -0.05) is 23.4 Å². The summed E-state index contributed by atoms with van der Waals surface area (Å²) in [6.07, 6.45) is 1.31. The first-order valence-corrected chi connectivity index (χ1v) is 8.44. The second-order valence-electron chi connectivity index (χ2n) is 5.78. The van der Waals surface area contributed by atoms with E-state index >= 15 is 0 Å². The highest BCUT2D eigenvalue weighted by Gasteiger charge is 2.20. The Labute approximate surface area is 163 Å². The van der Waals surface area contributed by atoms with Crippen LogP contribution in [0.1, 0.15) is 29.6 Å². The minimum Gasteiger partial charge on any atom is -0.503 e. The van der Waals surface area contributed by atoms with Gasteiger partial charge in [0.1, 0.15) is 24.1 Å². The van der Waals surface area contributed by atoms with Crippen LogP contribution in [0.2, 0.25) is 0 Å². The number of ether oxygens (including phenoxy) is 3. The average molecular weight is 385 g/mol. The fourth-order valence-corrected chi connectivity index (χ4v) is 2.37. The van der Waals surface area contributed by atoms with Gasteiger partial charge in [0.05, 0.1) is 20.5 Å². The molecule has 2 aromatic rings. The number of nitrogens with zero attached hydrogens (tertiary/aromatic N) is 3. The summed E-state index contributed by atoms with van der Waals surface area (Å²) in [4.78, 5) is 25.8. The van der Waals surface area contributed by atoms with Crippen molar-refractivity contribution in [3.05, 3.63) is 53.2 Å². The van der Waals surface area contributed by atoms with Gasteiger partial charge >= 0.3 is 5.97 Å². The van der Waals surface area contributed by atoms with Crippen molar-refractivity contribution in [1.29, 1.82) is 0 Å². The Kier molecular flexibility index (Phi) is 7.08. The van der Waals surface area contributed by atoms with Crippen molar-refractivity contribution >= 4 is 17.3 Å². The van der Waals surface area contributed by atoms with Crippen molar-refractivity contribution in [3.8, 4) is 11.6 Å². The van der Waals surface area contributed by atoms with Crippen LogP contribution in [0.5, 0.6) is 11.6 Å². The highest BCUT2D eigenvalue weighted by atomic mass is 16.6. The maximum atomic E-state index is 12.2. The van der Waals surface area contributed by atoms with Gasteiger partial charge in [0.25, 0.3) is 0 Å². The minimum atomic E-state index is -0.544. The van der Waals surface area contributed by atoms with Crippen molar-refractivity contribution in [3.63, 3.8) is 0 Å². The third-order valence-corrected chi connectivity index (χ3v) is 3.92. The summed E-state index contributed by atoms with van der Waals surface area (Å²) < 4.78 is 15.9. The first-order valence-electron chi connectivity index (χ1n) is 8.44. The largest absolute Gasteiger partial charge is 0.503 e. The van der Waals surface area contributed by atoms with Gasteiger partial charge in [-0.3, -0.25) is 0 Å². The van der Waals surface area contributed by atoms with Gasteiger partial charge in [-0.15, -0.1) is 0 Å². The maximum Gasteiger partial charge on any atom is 0.341 e. The van der Waals surface area contributed by atoms with E-state index < -0.39 is 5.97 Å². The summed E-state index contributed by atoms with van der Waals surface area (Å²) in [6.45, 7) is 5.44. The fraction of sp³-hybridized carbons (Fsp3) is 0.300. The fourth-order valence-electron chi connectivity index (χ4n) is 2.37. The van der Waals surface area contributed by atoms with Gasteiger partial charge in [-0.25, -0.2) is 9.78 Å². The molecule has 8 heteroatoms. The number of rotatable bonds is 7. The molecule has 0 amide bonds. The lowest BCUT2D eigenvalue weighted by Gasteiger charge is -2.15. The van der Waals surface area contributed by atoms with Crippen LogP contribution in [0.3, 0.4) is 0 Å². The standard InChI is InChI=1S/C20H23N3O5/c1-12-13(2)21-18(14(3)23-27-6)22-19(12)28-17-10-8-7-9-15(17)16(11-25-4)20(24)26-5/h7-11H,1-6H3/b16-11-,23-14-. The molecule has 0 bridgehead atoms. The molecule has 1 heterocycles. The van der Waals surface area contributed by atoms with Crippen LogP contribution in [0.15, 0.2) is 35.7 Å². The van der Waals surface area contributed by atoms with Crippen molar-refractivity contribution < 1.29 is 23.8 Å². The first kappa shape index (κ1) is 20.9. The number of esters is 1.